The summed E-state index contributed by atoms with van der Waals surface area (Å²) in [4.78, 5) is 31.0. The third-order valence-electron chi connectivity index (χ3n) is 24.9. The molecule has 103 heavy (non-hydrogen) atoms. The van der Waals surface area contributed by atoms with Crippen LogP contribution in [0.4, 0.5) is 0 Å². The van der Waals surface area contributed by atoms with Crippen LogP contribution in [0, 0.1) is 16.7 Å². The minimum atomic E-state index is -5.63. The number of carbonyl (C=O) groups excluding carboxylic acids is 1. The molecule has 0 aliphatic heterocycles. The average Bonchev–Trinajstić information content (AvgIpc) is 0.697. The summed E-state index contributed by atoms with van der Waals surface area (Å²) in [6.07, 6.45) is 90.7. The summed E-state index contributed by atoms with van der Waals surface area (Å²) < 4.78 is 41.2. The van der Waals surface area contributed by atoms with Crippen LogP contribution in [0.25, 0.3) is 0 Å². The summed E-state index contributed by atoms with van der Waals surface area (Å²) in [6, 6.07) is 0. The Morgan fingerprint density at radius 2 is 0.379 bits per heavy atom. The zero-order chi connectivity index (χ0) is 74.7. The average molecular weight is 1480 g/mol. The fraction of sp³-hybridized carbons (Fsp3) is 0.979. The molecule has 0 saturated carbocycles. The third kappa shape index (κ3) is 56.7. The molecule has 0 radical (unpaired) electrons. The van der Waals surface area contributed by atoms with E-state index in [4.69, 9.17) is 0 Å². The van der Waals surface area contributed by atoms with Crippen LogP contribution in [0.3, 0.4) is 0 Å². The molecule has 0 aliphatic rings. The molecule has 2 atom stereocenters. The maximum atomic E-state index is 15.7. The van der Waals surface area contributed by atoms with E-state index in [1.807, 2.05) is 0 Å². The molecule has 9 heteroatoms. The van der Waals surface area contributed by atoms with Gasteiger partial charge in [-0.2, -0.15) is 8.42 Å². The molecule has 0 aliphatic carbocycles. The van der Waals surface area contributed by atoms with Gasteiger partial charge in [-0.15, -0.1) is 0 Å². The maximum absolute atomic E-state index is 15.7. The Bertz CT molecular complexity index is 1780. The van der Waals surface area contributed by atoms with E-state index in [0.717, 1.165) is 154 Å². The van der Waals surface area contributed by atoms with Gasteiger partial charge in [0.1, 0.15) is 0 Å². The van der Waals surface area contributed by atoms with Crippen LogP contribution >= 0.6 is 0 Å². The summed E-state index contributed by atoms with van der Waals surface area (Å²) in [6.45, 7) is 13.7. The van der Waals surface area contributed by atoms with E-state index in [1.165, 1.54) is 315 Å². The van der Waals surface area contributed by atoms with Crippen LogP contribution in [0.1, 0.15) is 568 Å². The van der Waals surface area contributed by atoms with Crippen molar-refractivity contribution in [3.63, 3.8) is 0 Å². The summed E-state index contributed by atoms with van der Waals surface area (Å²) in [7, 11) is -5.63. The van der Waals surface area contributed by atoms with E-state index in [-0.39, 0.29) is 48.8 Å². The second-order valence-electron chi connectivity index (χ2n) is 34.2. The number of hydrogen-bond acceptors (Lipinski definition) is 5. The second-order valence-corrected chi connectivity index (χ2v) is 35.8. The van der Waals surface area contributed by atoms with E-state index in [0.29, 0.717) is 38.5 Å². The SMILES string of the molecule is CCCCCCCCCCCCCCCC(CCCCCCCCCCCCCC)(CCCCCCCCCCCCCCC)C(C(=O)O)C(C(=O)[O-])(C(CCCCCCCCCCCCCC)(CCCCCCCCCCCCCCC)CCCCCCCCCCCCCCC)S(=O)(=O)O.[Na+]. The summed E-state index contributed by atoms with van der Waals surface area (Å²) in [5, 5.41) is 28.1. The van der Waals surface area contributed by atoms with Gasteiger partial charge in [-0.1, -0.05) is 530 Å². The van der Waals surface area contributed by atoms with Gasteiger partial charge in [-0.05, 0) is 49.4 Å². The van der Waals surface area contributed by atoms with Crippen molar-refractivity contribution in [3.8, 4) is 0 Å². The Balaban J connectivity index is 0. The number of carbonyl (C=O) groups is 2. The smallest absolute Gasteiger partial charge is 0.548 e. The van der Waals surface area contributed by atoms with Crippen LogP contribution in [-0.2, 0) is 19.7 Å². The van der Waals surface area contributed by atoms with Gasteiger partial charge >= 0.3 is 35.5 Å². The summed E-state index contributed by atoms with van der Waals surface area (Å²) in [5.41, 5.74) is -2.69. The quantitative estimate of drug-likeness (QED) is 0.0352. The van der Waals surface area contributed by atoms with Gasteiger partial charge in [0.25, 0.3) is 10.1 Å². The first-order chi connectivity index (χ1) is 49.9. The molecule has 0 bridgehead atoms. The number of carboxylic acid groups (broad SMARTS) is 2. The number of carboxylic acids is 2. The monoisotopic (exact) mass is 1480 g/mol. The topological polar surface area (TPSA) is 132 Å². The first-order valence-corrected chi connectivity index (χ1v) is 48.7. The van der Waals surface area contributed by atoms with Crippen LogP contribution in [0.5, 0.6) is 0 Å². The normalized spacial score (nSPS) is 13.1. The Morgan fingerprint density at radius 1 is 0.252 bits per heavy atom. The van der Waals surface area contributed by atoms with Gasteiger partial charge in [0, 0.05) is 0 Å². The molecule has 0 rings (SSSR count). The van der Waals surface area contributed by atoms with Gasteiger partial charge in [0.05, 0.1) is 11.9 Å². The maximum Gasteiger partial charge on any atom is 1.00 e. The Morgan fingerprint density at radius 3 is 0.495 bits per heavy atom. The molecule has 2 unspecified atom stereocenters. The van der Waals surface area contributed by atoms with Crippen molar-refractivity contribution in [1.82, 2.24) is 0 Å². The molecule has 7 nitrogen and oxygen atoms in total. The Labute approximate surface area is 669 Å². The second kappa shape index (κ2) is 78.5. The van der Waals surface area contributed by atoms with E-state index < -0.39 is 43.6 Å². The van der Waals surface area contributed by atoms with Gasteiger partial charge < -0.3 is 15.0 Å². The molecule has 0 heterocycles. The third-order valence-corrected chi connectivity index (χ3v) is 26.5. The molecular formula is C94H185NaO7S. The van der Waals surface area contributed by atoms with Crippen molar-refractivity contribution in [2.45, 2.75) is 573 Å². The van der Waals surface area contributed by atoms with E-state index in [1.54, 1.807) is 0 Å². The van der Waals surface area contributed by atoms with E-state index in [2.05, 4.69) is 41.5 Å². The van der Waals surface area contributed by atoms with E-state index in [9.17, 15) is 9.66 Å². The van der Waals surface area contributed by atoms with Gasteiger partial charge in [-0.25, -0.2) is 0 Å². The zero-order valence-corrected chi connectivity index (χ0v) is 74.2. The first kappa shape index (κ1) is 105. The molecule has 0 saturated heterocycles. The van der Waals surface area contributed by atoms with Crippen molar-refractivity contribution < 1.29 is 62.3 Å². The summed E-state index contributed by atoms with van der Waals surface area (Å²) in [5.74, 6) is -5.01. The Hall–Kier alpha value is -0.150. The molecule has 0 aromatic rings. The van der Waals surface area contributed by atoms with E-state index >= 15 is 23.1 Å². The van der Waals surface area contributed by atoms with Crippen molar-refractivity contribution in [2.75, 3.05) is 0 Å². The van der Waals surface area contributed by atoms with Crippen LogP contribution in [0.15, 0.2) is 0 Å². The molecule has 610 valence electrons. The first-order valence-electron chi connectivity index (χ1n) is 47.3. The minimum absolute atomic E-state index is 0. The summed E-state index contributed by atoms with van der Waals surface area (Å²) >= 11 is 0. The predicted molar refractivity (Wildman–Crippen MR) is 448 cm³/mol. The van der Waals surface area contributed by atoms with Crippen molar-refractivity contribution >= 4 is 22.1 Å². The number of rotatable bonds is 88. The molecule has 0 aromatic heterocycles. The van der Waals surface area contributed by atoms with Crippen LogP contribution < -0.4 is 34.7 Å². The number of unbranched alkanes of at least 4 members (excludes halogenated alkanes) is 70. The van der Waals surface area contributed by atoms with Crippen molar-refractivity contribution in [2.24, 2.45) is 16.7 Å². The number of hydrogen-bond donors (Lipinski definition) is 2. The molecule has 2 N–H and O–H groups in total. The van der Waals surface area contributed by atoms with Gasteiger partial charge in [0.2, 0.25) is 0 Å². The van der Waals surface area contributed by atoms with Crippen molar-refractivity contribution in [1.29, 1.82) is 0 Å². The zero-order valence-electron chi connectivity index (χ0n) is 71.4. The fourth-order valence-electron chi connectivity index (χ4n) is 18.3. The number of aliphatic carboxylic acids is 2. The van der Waals surface area contributed by atoms with Gasteiger partial charge in [-0.3, -0.25) is 9.35 Å². The molecule has 0 amide bonds. The molecule has 0 aromatic carbocycles. The molecule has 0 fully saturated rings. The van der Waals surface area contributed by atoms with Crippen LogP contribution in [0.2, 0.25) is 0 Å². The largest absolute Gasteiger partial charge is 1.00 e. The molecule has 0 spiro atoms. The van der Waals surface area contributed by atoms with Crippen LogP contribution in [-0.4, -0.2) is 34.8 Å². The standard InChI is InChI=1S/C94H186O7S.Na/c1-7-13-19-25-31-37-43-49-54-60-66-72-78-84-92(83-77-71-65-59-53-47-41-35-29-23-17-11-5,85-79-73-67-61-55-50-44-38-32-26-20-14-8-2)89(90(95)96)94(91(97)98,102(99,100)101)93(86-80-74-68-62-56-48-42-36-30-24-18-12-6,87-81-75-69-63-57-51-45-39-33-27-21-15-9-3)88-82-76-70-64-58-52-46-40-34-28-22-16-10-4;/h89H,7-88H2,1-6H3,(H,95,96)(H,97,98)(H,99,100,101);/q;+1/p-1. The predicted octanol–water partition coefficient (Wildman–Crippen LogP) is 29.1. The van der Waals surface area contributed by atoms with Gasteiger partial charge in [0.15, 0.2) is 4.75 Å². The Kier molecular flexibility index (Phi) is 80.0. The molecular weight excluding hydrogens is 1300 g/mol. The minimum Gasteiger partial charge on any atom is -0.548 e. The van der Waals surface area contributed by atoms with Crippen molar-refractivity contribution in [3.05, 3.63) is 0 Å². The fourth-order valence-corrected chi connectivity index (χ4v) is 20.1.